The van der Waals surface area contributed by atoms with Crippen LogP contribution in [0.4, 0.5) is 0 Å². The van der Waals surface area contributed by atoms with Crippen molar-refractivity contribution in [1.82, 2.24) is 10.2 Å². The number of ether oxygens (including phenoxy) is 1. The molecule has 0 aromatic heterocycles. The van der Waals surface area contributed by atoms with Gasteiger partial charge in [0.05, 0.1) is 0 Å². The first-order chi connectivity index (χ1) is 12.7. The maximum absolute atomic E-state index is 13.1. The van der Waals surface area contributed by atoms with E-state index < -0.39 is 12.1 Å². The van der Waals surface area contributed by atoms with E-state index in [1.807, 2.05) is 54.6 Å². The zero-order valence-electron chi connectivity index (χ0n) is 14.6. The van der Waals surface area contributed by atoms with Gasteiger partial charge in [-0.15, -0.1) is 0 Å². The van der Waals surface area contributed by atoms with Crippen molar-refractivity contribution in [1.29, 1.82) is 0 Å². The van der Waals surface area contributed by atoms with Crippen molar-refractivity contribution in [2.75, 3.05) is 13.1 Å². The second-order valence-electron chi connectivity index (χ2n) is 6.78. The molecular weight excluding hydrogens is 328 g/mol. The molecule has 0 bridgehead atoms. The maximum Gasteiger partial charge on any atom is 0.264 e. The molecule has 0 radical (unpaired) electrons. The van der Waals surface area contributed by atoms with Gasteiger partial charge in [0.15, 0.2) is 6.10 Å². The summed E-state index contributed by atoms with van der Waals surface area (Å²) in [5, 5.41) is 2.88. The van der Waals surface area contributed by atoms with Gasteiger partial charge in [-0.3, -0.25) is 9.59 Å². The van der Waals surface area contributed by atoms with Crippen LogP contribution in [0, 0.1) is 0 Å². The normalized spacial score (nSPS) is 22.2. The quantitative estimate of drug-likeness (QED) is 0.920. The lowest BCUT2D eigenvalue weighted by molar-refractivity contribution is -0.149. The van der Waals surface area contributed by atoms with E-state index in [1.54, 1.807) is 4.90 Å². The number of hydrogen-bond acceptors (Lipinski definition) is 3. The highest BCUT2D eigenvalue weighted by Gasteiger charge is 2.38. The fourth-order valence-corrected chi connectivity index (χ4v) is 3.70. The largest absolute Gasteiger partial charge is 0.480 e. The van der Waals surface area contributed by atoms with Crippen LogP contribution in [-0.2, 0) is 22.4 Å². The Kier molecular flexibility index (Phi) is 4.61. The first-order valence-electron chi connectivity index (χ1n) is 9.09. The monoisotopic (exact) mass is 350 g/mol. The Labute approximate surface area is 153 Å². The third kappa shape index (κ3) is 3.29. The second kappa shape index (κ2) is 7.20. The molecule has 2 aliphatic rings. The van der Waals surface area contributed by atoms with Crippen LogP contribution in [0.25, 0.3) is 0 Å². The smallest absolute Gasteiger partial charge is 0.264 e. The highest BCUT2D eigenvalue weighted by atomic mass is 16.5. The molecule has 2 aromatic rings. The first-order valence-corrected chi connectivity index (χ1v) is 9.09. The number of fused-ring (bicyclic) bond motifs is 1. The molecular formula is C21H22N2O3. The van der Waals surface area contributed by atoms with Gasteiger partial charge in [0.2, 0.25) is 5.91 Å². The Balaban J connectivity index is 1.52. The van der Waals surface area contributed by atoms with Crippen LogP contribution in [-0.4, -0.2) is 41.9 Å². The van der Waals surface area contributed by atoms with Crippen LogP contribution in [0.3, 0.4) is 0 Å². The molecule has 0 aliphatic carbocycles. The van der Waals surface area contributed by atoms with Crippen molar-refractivity contribution in [3.8, 4) is 5.75 Å². The molecule has 2 atom stereocenters. The van der Waals surface area contributed by atoms with Crippen molar-refractivity contribution >= 4 is 11.8 Å². The van der Waals surface area contributed by atoms with Gasteiger partial charge in [-0.05, 0) is 30.0 Å². The first kappa shape index (κ1) is 16.6. The van der Waals surface area contributed by atoms with E-state index in [1.165, 1.54) is 0 Å². The number of carbonyl (C=O) groups excluding carboxylic acids is 2. The number of nitrogens with zero attached hydrogens (tertiary/aromatic N) is 1. The van der Waals surface area contributed by atoms with Crippen molar-refractivity contribution in [2.24, 2.45) is 0 Å². The standard InChI is InChI=1S/C21H22N2O3/c24-20-17(14-15-6-2-1-3-7-15)23(13-12-22-20)21(25)19-11-10-16-8-4-5-9-18(16)26-19/h1-9,17,19H,10-14H2,(H,22,24). The van der Waals surface area contributed by atoms with Crippen molar-refractivity contribution < 1.29 is 14.3 Å². The summed E-state index contributed by atoms with van der Waals surface area (Å²) in [7, 11) is 0. The topological polar surface area (TPSA) is 58.6 Å². The summed E-state index contributed by atoms with van der Waals surface area (Å²) in [4.78, 5) is 27.3. The average molecular weight is 350 g/mol. The maximum atomic E-state index is 13.1. The molecule has 0 spiro atoms. The minimum absolute atomic E-state index is 0.0877. The molecule has 5 heteroatoms. The number of hydrogen-bond donors (Lipinski definition) is 1. The Hall–Kier alpha value is -2.82. The van der Waals surface area contributed by atoms with Crippen LogP contribution in [0.1, 0.15) is 17.5 Å². The van der Waals surface area contributed by atoms with E-state index in [-0.39, 0.29) is 11.8 Å². The van der Waals surface area contributed by atoms with Crippen LogP contribution < -0.4 is 10.1 Å². The summed E-state index contributed by atoms with van der Waals surface area (Å²) in [5.41, 5.74) is 2.18. The number of benzene rings is 2. The summed E-state index contributed by atoms with van der Waals surface area (Å²) in [6, 6.07) is 17.2. The molecule has 1 fully saturated rings. The minimum atomic E-state index is -0.519. The molecule has 134 valence electrons. The molecule has 0 saturated carbocycles. The molecule has 2 unspecified atom stereocenters. The van der Waals surface area contributed by atoms with E-state index in [0.717, 1.165) is 23.3 Å². The predicted octanol–water partition coefficient (Wildman–Crippen LogP) is 1.95. The highest BCUT2D eigenvalue weighted by Crippen LogP contribution is 2.28. The predicted molar refractivity (Wildman–Crippen MR) is 97.8 cm³/mol. The molecule has 2 heterocycles. The molecule has 1 N–H and O–H groups in total. The fourth-order valence-electron chi connectivity index (χ4n) is 3.70. The summed E-state index contributed by atoms with van der Waals surface area (Å²) in [6.07, 6.45) is 1.46. The van der Waals surface area contributed by atoms with Crippen LogP contribution in [0.2, 0.25) is 0 Å². The zero-order chi connectivity index (χ0) is 17.9. The van der Waals surface area contributed by atoms with Crippen LogP contribution >= 0.6 is 0 Å². The minimum Gasteiger partial charge on any atom is -0.480 e. The summed E-state index contributed by atoms with van der Waals surface area (Å²) >= 11 is 0. The number of rotatable bonds is 3. The fraction of sp³-hybridized carbons (Fsp3) is 0.333. The van der Waals surface area contributed by atoms with Gasteiger partial charge in [-0.25, -0.2) is 0 Å². The molecule has 5 nitrogen and oxygen atoms in total. The van der Waals surface area contributed by atoms with Gasteiger partial charge in [0.25, 0.3) is 5.91 Å². The Bertz CT molecular complexity index is 806. The van der Waals surface area contributed by atoms with E-state index >= 15 is 0 Å². The van der Waals surface area contributed by atoms with Gasteiger partial charge < -0.3 is 15.0 Å². The number of aryl methyl sites for hydroxylation is 1. The number of para-hydroxylation sites is 1. The molecule has 2 aliphatic heterocycles. The molecule has 1 saturated heterocycles. The Morgan fingerprint density at radius 3 is 2.73 bits per heavy atom. The highest BCUT2D eigenvalue weighted by molar-refractivity contribution is 5.91. The Morgan fingerprint density at radius 2 is 1.88 bits per heavy atom. The lowest BCUT2D eigenvalue weighted by Gasteiger charge is -2.38. The number of carbonyl (C=O) groups is 2. The third-order valence-corrected chi connectivity index (χ3v) is 5.08. The number of nitrogens with one attached hydrogen (secondary N) is 1. The molecule has 26 heavy (non-hydrogen) atoms. The average Bonchev–Trinajstić information content (AvgIpc) is 2.69. The van der Waals surface area contributed by atoms with E-state index in [2.05, 4.69) is 5.32 Å². The zero-order valence-corrected chi connectivity index (χ0v) is 14.6. The SMILES string of the molecule is O=C1NCCN(C(=O)C2CCc3ccccc3O2)C1Cc1ccccc1. The van der Waals surface area contributed by atoms with Crippen LogP contribution in [0.15, 0.2) is 54.6 Å². The van der Waals surface area contributed by atoms with Gasteiger partial charge in [-0.1, -0.05) is 48.5 Å². The van der Waals surface area contributed by atoms with Crippen molar-refractivity contribution in [3.63, 3.8) is 0 Å². The van der Waals surface area contributed by atoms with Crippen molar-refractivity contribution in [2.45, 2.75) is 31.4 Å². The van der Waals surface area contributed by atoms with Gasteiger partial charge >= 0.3 is 0 Å². The van der Waals surface area contributed by atoms with Gasteiger partial charge in [0, 0.05) is 19.5 Å². The summed E-state index contributed by atoms with van der Waals surface area (Å²) in [6.45, 7) is 1.00. The summed E-state index contributed by atoms with van der Waals surface area (Å²) < 4.78 is 5.96. The summed E-state index contributed by atoms with van der Waals surface area (Å²) in [5.74, 6) is 0.595. The van der Waals surface area contributed by atoms with Gasteiger partial charge in [-0.2, -0.15) is 0 Å². The number of piperazine rings is 1. The molecule has 4 rings (SSSR count). The van der Waals surface area contributed by atoms with E-state index in [0.29, 0.717) is 25.9 Å². The third-order valence-electron chi connectivity index (χ3n) is 5.08. The van der Waals surface area contributed by atoms with E-state index in [4.69, 9.17) is 4.74 Å². The molecule has 2 aromatic carbocycles. The van der Waals surface area contributed by atoms with E-state index in [9.17, 15) is 9.59 Å². The van der Waals surface area contributed by atoms with Crippen LogP contribution in [0.5, 0.6) is 5.75 Å². The second-order valence-corrected chi connectivity index (χ2v) is 6.78. The van der Waals surface area contributed by atoms with Crippen molar-refractivity contribution in [3.05, 3.63) is 65.7 Å². The lowest BCUT2D eigenvalue weighted by Crippen LogP contribution is -2.60. The number of amides is 2. The molecule has 2 amide bonds. The Morgan fingerprint density at radius 1 is 1.12 bits per heavy atom. The van der Waals surface area contributed by atoms with Gasteiger partial charge in [0.1, 0.15) is 11.8 Å². The lowest BCUT2D eigenvalue weighted by atomic mass is 9.98.